The molecule has 250 valence electrons. The van der Waals surface area contributed by atoms with Crippen molar-refractivity contribution in [3.8, 4) is 16.9 Å². The van der Waals surface area contributed by atoms with Crippen LogP contribution in [0.4, 0.5) is 17.2 Å². The monoisotopic (exact) mass is 729 g/mol. The Labute approximate surface area is 289 Å². The zero-order valence-electron chi connectivity index (χ0n) is 27.9. The summed E-state index contributed by atoms with van der Waals surface area (Å²) >= 11 is 3.62. The first-order chi connectivity index (χ1) is 23.2. The van der Waals surface area contributed by atoms with Crippen LogP contribution in [0.15, 0.2) is 59.7 Å². The molecule has 0 radical (unpaired) electrons. The third kappa shape index (κ3) is 6.70. The second kappa shape index (κ2) is 13.6. The van der Waals surface area contributed by atoms with Gasteiger partial charge in [0.15, 0.2) is 0 Å². The highest BCUT2D eigenvalue weighted by Crippen LogP contribution is 2.42. The van der Waals surface area contributed by atoms with Gasteiger partial charge in [-0.25, -0.2) is 9.97 Å². The summed E-state index contributed by atoms with van der Waals surface area (Å²) in [6.45, 7) is 7.58. The average molecular weight is 731 g/mol. The number of nitrogens with zero attached hydrogens (tertiary/aromatic N) is 8. The third-order valence-corrected chi connectivity index (χ3v) is 11.6. The van der Waals surface area contributed by atoms with Crippen molar-refractivity contribution in [2.45, 2.75) is 38.1 Å². The number of piperazine rings is 1. The van der Waals surface area contributed by atoms with Crippen molar-refractivity contribution in [3.63, 3.8) is 0 Å². The van der Waals surface area contributed by atoms with Crippen LogP contribution in [0, 0.1) is 0 Å². The van der Waals surface area contributed by atoms with Crippen molar-refractivity contribution in [2.24, 2.45) is 7.05 Å². The second-order valence-corrected chi connectivity index (χ2v) is 17.1. The summed E-state index contributed by atoms with van der Waals surface area (Å²) in [4.78, 5) is 23.7. The fraction of sp³-hybridized carbons (Fsp3) is 0.400. The number of ether oxygens (including phenoxy) is 1. The predicted molar refractivity (Wildman–Crippen MR) is 196 cm³/mol. The highest BCUT2D eigenvalue weighted by atomic mass is 79.9. The molecular weight excluding hydrogens is 689 g/mol. The molecule has 5 aromatic rings. The topological polar surface area (TPSA) is 114 Å². The fourth-order valence-electron chi connectivity index (χ4n) is 7.13. The molecule has 0 bridgehead atoms. The van der Waals surface area contributed by atoms with Crippen molar-refractivity contribution in [3.05, 3.63) is 71.1 Å². The molecule has 2 fully saturated rings. The number of rotatable bonds is 9. The minimum absolute atomic E-state index is 0.449. The van der Waals surface area contributed by atoms with Gasteiger partial charge in [0.05, 0.1) is 34.3 Å². The summed E-state index contributed by atoms with van der Waals surface area (Å²) in [5.41, 5.74) is 6.30. The number of hydrogen-bond donors (Lipinski definition) is 1. The number of halogens is 1. The van der Waals surface area contributed by atoms with E-state index in [4.69, 9.17) is 9.72 Å². The molecular formula is C35H41BrN9O2P. The minimum Gasteiger partial charge on any atom is -0.496 e. The fourth-order valence-corrected chi connectivity index (χ4v) is 8.82. The summed E-state index contributed by atoms with van der Waals surface area (Å²) in [6.07, 6.45) is 14.8. The number of aryl methyl sites for hydroxylation is 1. The van der Waals surface area contributed by atoms with Gasteiger partial charge < -0.3 is 19.5 Å². The number of methoxy groups -OCH3 is 1. The molecule has 13 heteroatoms. The Hall–Kier alpha value is -3.86. The van der Waals surface area contributed by atoms with Gasteiger partial charge in [-0.2, -0.15) is 5.10 Å². The van der Waals surface area contributed by atoms with E-state index in [2.05, 4.69) is 69.4 Å². The summed E-state index contributed by atoms with van der Waals surface area (Å²) < 4.78 is 22.0. The molecule has 1 saturated carbocycles. The molecule has 11 nitrogen and oxygen atoms in total. The van der Waals surface area contributed by atoms with Gasteiger partial charge in [-0.3, -0.25) is 19.5 Å². The number of benzene rings is 2. The summed E-state index contributed by atoms with van der Waals surface area (Å²) in [6, 6.07) is 8.87. The van der Waals surface area contributed by atoms with Crippen LogP contribution in [0.1, 0.15) is 37.1 Å². The van der Waals surface area contributed by atoms with Crippen LogP contribution in [0.3, 0.4) is 0 Å². The Morgan fingerprint density at radius 3 is 2.50 bits per heavy atom. The van der Waals surface area contributed by atoms with E-state index in [1.807, 2.05) is 30.1 Å². The van der Waals surface area contributed by atoms with E-state index in [0.29, 0.717) is 44.6 Å². The Morgan fingerprint density at radius 2 is 1.79 bits per heavy atom. The van der Waals surface area contributed by atoms with Crippen molar-refractivity contribution in [2.75, 3.05) is 56.8 Å². The van der Waals surface area contributed by atoms with Crippen LogP contribution in [0.5, 0.6) is 5.75 Å². The molecule has 7 rings (SSSR count). The molecule has 1 aliphatic carbocycles. The lowest BCUT2D eigenvalue weighted by atomic mass is 9.99. The van der Waals surface area contributed by atoms with Gasteiger partial charge in [-0.1, -0.05) is 12.8 Å². The second-order valence-electron chi connectivity index (χ2n) is 13.1. The lowest BCUT2D eigenvalue weighted by Crippen LogP contribution is -2.49. The number of hydrogen-bond acceptors (Lipinski definition) is 10. The zero-order chi connectivity index (χ0) is 33.4. The molecule has 1 aliphatic heterocycles. The van der Waals surface area contributed by atoms with E-state index < -0.39 is 7.14 Å². The highest BCUT2D eigenvalue weighted by molar-refractivity contribution is 9.10. The first-order valence-electron chi connectivity index (χ1n) is 16.4. The Morgan fingerprint density at radius 1 is 1.02 bits per heavy atom. The predicted octanol–water partition coefficient (Wildman–Crippen LogP) is 6.24. The summed E-state index contributed by atoms with van der Waals surface area (Å²) in [7, 11) is 0.923. The molecule has 2 aromatic carbocycles. The van der Waals surface area contributed by atoms with E-state index in [9.17, 15) is 4.57 Å². The van der Waals surface area contributed by atoms with E-state index in [0.717, 1.165) is 60.3 Å². The molecule has 2 aliphatic rings. The maximum absolute atomic E-state index is 13.5. The zero-order valence-corrected chi connectivity index (χ0v) is 30.3. The molecule has 0 spiro atoms. The van der Waals surface area contributed by atoms with Crippen molar-refractivity contribution >= 4 is 56.6 Å². The lowest BCUT2D eigenvalue weighted by molar-refractivity contribution is 0.187. The highest BCUT2D eigenvalue weighted by Gasteiger charge is 2.28. The van der Waals surface area contributed by atoms with Crippen LogP contribution in [-0.4, -0.2) is 87.3 Å². The molecule has 0 atom stereocenters. The summed E-state index contributed by atoms with van der Waals surface area (Å²) in [5.74, 6) is 1.98. The van der Waals surface area contributed by atoms with Crippen LogP contribution >= 0.6 is 23.1 Å². The van der Waals surface area contributed by atoms with E-state index in [1.165, 1.54) is 25.7 Å². The Balaban J connectivity index is 1.21. The van der Waals surface area contributed by atoms with Gasteiger partial charge in [-0.05, 0) is 60.3 Å². The Kier molecular flexibility index (Phi) is 9.24. The average Bonchev–Trinajstić information content (AvgIpc) is 3.78. The van der Waals surface area contributed by atoms with E-state index in [-0.39, 0.29) is 0 Å². The molecule has 4 heterocycles. The number of nitrogens with one attached hydrogen (secondary N) is 1. The van der Waals surface area contributed by atoms with Crippen molar-refractivity contribution in [1.82, 2.24) is 34.6 Å². The SMILES string of the molecule is COc1cc(N2CCN(C3CCCC3)CC2)c(-c2cnn(C)c2)cc1Cc1ncc(Br)c(Nc2ccc3nccnc3c2P(C)(C)=O)n1. The smallest absolute Gasteiger partial charge is 0.148 e. The van der Waals surface area contributed by atoms with Crippen molar-refractivity contribution < 1.29 is 9.30 Å². The molecule has 0 amide bonds. The van der Waals surface area contributed by atoms with Crippen LogP contribution < -0.4 is 20.3 Å². The molecule has 1 N–H and O–H groups in total. The van der Waals surface area contributed by atoms with E-state index >= 15 is 0 Å². The lowest BCUT2D eigenvalue weighted by Gasteiger charge is -2.40. The molecule has 48 heavy (non-hydrogen) atoms. The molecule has 1 saturated heterocycles. The van der Waals surface area contributed by atoms with Crippen LogP contribution in [0.2, 0.25) is 0 Å². The molecule has 0 unspecified atom stereocenters. The van der Waals surface area contributed by atoms with E-state index in [1.54, 1.807) is 39.0 Å². The van der Waals surface area contributed by atoms with Crippen LogP contribution in [0.25, 0.3) is 22.2 Å². The third-order valence-electron chi connectivity index (χ3n) is 9.46. The van der Waals surface area contributed by atoms with Gasteiger partial charge in [-0.15, -0.1) is 0 Å². The largest absolute Gasteiger partial charge is 0.496 e. The Bertz CT molecular complexity index is 2000. The number of fused-ring (bicyclic) bond motifs is 1. The van der Waals surface area contributed by atoms with Gasteiger partial charge in [0, 0.05) is 98.9 Å². The van der Waals surface area contributed by atoms with Gasteiger partial charge in [0.2, 0.25) is 0 Å². The quantitative estimate of drug-likeness (QED) is 0.175. The van der Waals surface area contributed by atoms with Gasteiger partial charge in [0.25, 0.3) is 0 Å². The maximum Gasteiger partial charge on any atom is 0.148 e. The van der Waals surface area contributed by atoms with Crippen LogP contribution in [-0.2, 0) is 18.0 Å². The first-order valence-corrected chi connectivity index (χ1v) is 19.8. The first kappa shape index (κ1) is 32.7. The molecule has 3 aromatic heterocycles. The number of anilines is 3. The summed E-state index contributed by atoms with van der Waals surface area (Å²) in [5, 5.41) is 8.56. The van der Waals surface area contributed by atoms with Gasteiger partial charge >= 0.3 is 0 Å². The maximum atomic E-state index is 13.5. The number of aromatic nitrogens is 6. The van der Waals surface area contributed by atoms with Crippen molar-refractivity contribution in [1.29, 1.82) is 0 Å². The standard InChI is InChI=1S/C35H41BrN9O2P/c1-43-22-24(20-40-43)26-17-23(31(47-2)19-30(26)45-15-13-44(14-16-45)25-7-5-6-8-25)18-32-39-21-27(36)35(42-32)41-29-10-9-28-33(38-12-11-37-28)34(29)48(3,4)46/h9-12,17,19-22,25H,5-8,13-16,18H2,1-4H3,(H,39,41,42). The minimum atomic E-state index is -2.74. The van der Waals surface area contributed by atoms with Gasteiger partial charge in [0.1, 0.15) is 30.1 Å². The normalized spacial score (nSPS) is 16.1.